The maximum Gasteiger partial charge on any atom is 0.387 e. The fourth-order valence-electron chi connectivity index (χ4n) is 2.39. The molecular formula is C17H15ClF2N2O8S. The van der Waals surface area contributed by atoms with Gasteiger partial charge in [0.15, 0.2) is 11.5 Å². The van der Waals surface area contributed by atoms with Crippen molar-refractivity contribution in [3.63, 3.8) is 0 Å². The van der Waals surface area contributed by atoms with E-state index < -0.39 is 45.6 Å². The molecule has 0 saturated carbocycles. The van der Waals surface area contributed by atoms with Gasteiger partial charge in [-0.2, -0.15) is 8.78 Å². The lowest BCUT2D eigenvalue weighted by Gasteiger charge is -2.13. The summed E-state index contributed by atoms with van der Waals surface area (Å²) in [5.41, 5.74) is -1.15. The number of methoxy groups -OCH3 is 1. The second kappa shape index (κ2) is 9.85. The molecule has 0 heterocycles. The number of hydrogen-bond donors (Lipinski definition) is 1. The SMILES string of the molecule is CNS(=O)(=O)c1ccc(Cl)c(C(=O)OCc2cc(OC)c(OC(F)F)cc2[N+](=O)[O-])c1. The first-order chi connectivity index (χ1) is 14.5. The monoisotopic (exact) mass is 480 g/mol. The fraction of sp³-hybridized carbons (Fsp3) is 0.235. The molecule has 10 nitrogen and oxygen atoms in total. The standard InChI is InChI=1S/C17H15ClF2N2O8S/c1-21-31(26,27)10-3-4-12(18)11(6-10)16(23)29-8-9-5-14(28-2)15(30-17(19)20)7-13(9)22(24)25/h3-7,17,21H,8H2,1-2H3. The Morgan fingerprint density at radius 2 is 1.94 bits per heavy atom. The summed E-state index contributed by atoms with van der Waals surface area (Å²) >= 11 is 5.93. The molecule has 0 aliphatic heterocycles. The molecule has 1 N–H and O–H groups in total. The van der Waals surface area contributed by atoms with Crippen LogP contribution in [0.1, 0.15) is 15.9 Å². The normalized spacial score (nSPS) is 11.3. The number of carbonyl (C=O) groups excluding carboxylic acids is 1. The summed E-state index contributed by atoms with van der Waals surface area (Å²) in [5.74, 6) is -1.90. The van der Waals surface area contributed by atoms with Crippen LogP contribution in [0.4, 0.5) is 14.5 Å². The molecule has 0 radical (unpaired) electrons. The first-order valence-electron chi connectivity index (χ1n) is 8.20. The van der Waals surface area contributed by atoms with Crippen LogP contribution in [0.5, 0.6) is 11.5 Å². The first-order valence-corrected chi connectivity index (χ1v) is 10.1. The Morgan fingerprint density at radius 3 is 2.48 bits per heavy atom. The molecule has 0 unspecified atom stereocenters. The summed E-state index contributed by atoms with van der Waals surface area (Å²) in [4.78, 5) is 22.6. The number of nitrogens with one attached hydrogen (secondary N) is 1. The van der Waals surface area contributed by atoms with Crippen molar-refractivity contribution in [1.29, 1.82) is 0 Å². The van der Waals surface area contributed by atoms with Crippen LogP contribution in [0.2, 0.25) is 5.02 Å². The van der Waals surface area contributed by atoms with Gasteiger partial charge in [-0.3, -0.25) is 10.1 Å². The van der Waals surface area contributed by atoms with E-state index in [1.165, 1.54) is 19.2 Å². The molecule has 2 aromatic carbocycles. The minimum absolute atomic E-state index is 0.118. The van der Waals surface area contributed by atoms with Crippen molar-refractivity contribution in [2.75, 3.05) is 14.2 Å². The number of nitro groups is 1. The van der Waals surface area contributed by atoms with Gasteiger partial charge in [0.1, 0.15) is 6.61 Å². The lowest BCUT2D eigenvalue weighted by atomic mass is 10.1. The lowest BCUT2D eigenvalue weighted by molar-refractivity contribution is -0.386. The molecular weight excluding hydrogens is 466 g/mol. The van der Waals surface area contributed by atoms with Crippen LogP contribution >= 0.6 is 11.6 Å². The first kappa shape index (κ1) is 24.2. The van der Waals surface area contributed by atoms with Crippen LogP contribution < -0.4 is 14.2 Å². The summed E-state index contributed by atoms with van der Waals surface area (Å²) in [6.07, 6.45) is 0. The number of rotatable bonds is 9. The smallest absolute Gasteiger partial charge is 0.387 e. The number of ether oxygens (including phenoxy) is 3. The molecule has 0 bridgehead atoms. The Hall–Kier alpha value is -3.03. The number of hydrogen-bond acceptors (Lipinski definition) is 8. The number of benzene rings is 2. The van der Waals surface area contributed by atoms with Gasteiger partial charge in [0, 0.05) is 0 Å². The van der Waals surface area contributed by atoms with Crippen LogP contribution in [-0.4, -0.2) is 40.1 Å². The molecule has 0 amide bonds. The van der Waals surface area contributed by atoms with E-state index in [-0.39, 0.29) is 26.8 Å². The van der Waals surface area contributed by atoms with Crippen molar-refractivity contribution in [3.8, 4) is 11.5 Å². The summed E-state index contributed by atoms with van der Waals surface area (Å²) in [6, 6.07) is 5.03. The van der Waals surface area contributed by atoms with Crippen molar-refractivity contribution in [3.05, 3.63) is 56.6 Å². The zero-order chi connectivity index (χ0) is 23.3. The molecule has 0 spiro atoms. The van der Waals surface area contributed by atoms with E-state index in [0.29, 0.717) is 6.07 Å². The van der Waals surface area contributed by atoms with E-state index in [1.807, 2.05) is 0 Å². The predicted octanol–water partition coefficient (Wildman–Crippen LogP) is 3.12. The van der Waals surface area contributed by atoms with Crippen LogP contribution in [0.25, 0.3) is 0 Å². The summed E-state index contributed by atoms with van der Waals surface area (Å²) < 4.78 is 65.0. The number of esters is 1. The molecule has 31 heavy (non-hydrogen) atoms. The number of sulfonamides is 1. The molecule has 14 heteroatoms. The Balaban J connectivity index is 2.35. The maximum absolute atomic E-state index is 12.5. The van der Waals surface area contributed by atoms with Crippen molar-refractivity contribution >= 4 is 33.3 Å². The third-order valence-corrected chi connectivity index (χ3v) is 5.61. The molecule has 0 fully saturated rings. The topological polar surface area (TPSA) is 134 Å². The zero-order valence-corrected chi connectivity index (χ0v) is 17.5. The van der Waals surface area contributed by atoms with Gasteiger partial charge in [0.2, 0.25) is 10.0 Å². The highest BCUT2D eigenvalue weighted by atomic mass is 35.5. The third kappa shape index (κ3) is 5.77. The van der Waals surface area contributed by atoms with Gasteiger partial charge in [0.05, 0.1) is 39.1 Å². The van der Waals surface area contributed by atoms with E-state index in [1.54, 1.807) is 0 Å². The highest BCUT2D eigenvalue weighted by Gasteiger charge is 2.24. The second-order valence-electron chi connectivity index (χ2n) is 5.69. The molecule has 2 rings (SSSR count). The molecule has 0 atom stereocenters. The molecule has 0 aromatic heterocycles. The second-order valence-corrected chi connectivity index (χ2v) is 7.99. The number of alkyl halides is 2. The van der Waals surface area contributed by atoms with Crippen molar-refractivity contribution in [2.24, 2.45) is 0 Å². The summed E-state index contributed by atoms with van der Waals surface area (Å²) in [7, 11) is -1.57. The maximum atomic E-state index is 12.5. The molecule has 168 valence electrons. The number of halogens is 3. The van der Waals surface area contributed by atoms with Crippen molar-refractivity contribution < 1.29 is 41.1 Å². The Bertz CT molecular complexity index is 1110. The number of nitro benzene ring substituents is 1. The largest absolute Gasteiger partial charge is 0.493 e. The lowest BCUT2D eigenvalue weighted by Crippen LogP contribution is -2.19. The molecule has 0 saturated heterocycles. The highest BCUT2D eigenvalue weighted by Crippen LogP contribution is 2.36. The van der Waals surface area contributed by atoms with E-state index in [0.717, 1.165) is 19.2 Å². The van der Waals surface area contributed by atoms with Gasteiger partial charge >= 0.3 is 12.6 Å². The van der Waals surface area contributed by atoms with Crippen molar-refractivity contribution in [1.82, 2.24) is 4.72 Å². The Labute approximate surface area is 179 Å². The van der Waals surface area contributed by atoms with Gasteiger partial charge in [-0.05, 0) is 31.3 Å². The third-order valence-electron chi connectivity index (χ3n) is 3.87. The minimum atomic E-state index is -3.88. The quantitative estimate of drug-likeness (QED) is 0.328. The van der Waals surface area contributed by atoms with E-state index in [4.69, 9.17) is 21.1 Å². The van der Waals surface area contributed by atoms with E-state index in [9.17, 15) is 32.1 Å². The van der Waals surface area contributed by atoms with Crippen LogP contribution in [0.15, 0.2) is 35.2 Å². The summed E-state index contributed by atoms with van der Waals surface area (Å²) in [6.45, 7) is -3.92. The van der Waals surface area contributed by atoms with Crippen LogP contribution in [0, 0.1) is 10.1 Å². The predicted molar refractivity (Wildman–Crippen MR) is 103 cm³/mol. The highest BCUT2D eigenvalue weighted by molar-refractivity contribution is 7.89. The van der Waals surface area contributed by atoms with Gasteiger partial charge in [0.25, 0.3) is 5.69 Å². The molecule has 0 aliphatic rings. The van der Waals surface area contributed by atoms with E-state index in [2.05, 4.69) is 9.46 Å². The summed E-state index contributed by atoms with van der Waals surface area (Å²) in [5, 5.41) is 11.2. The number of carbonyl (C=O) groups is 1. The van der Waals surface area contributed by atoms with Gasteiger partial charge in [-0.1, -0.05) is 11.6 Å². The van der Waals surface area contributed by atoms with Gasteiger partial charge in [-0.25, -0.2) is 17.9 Å². The number of nitrogens with zero attached hydrogens (tertiary/aromatic N) is 1. The Morgan fingerprint density at radius 1 is 1.26 bits per heavy atom. The van der Waals surface area contributed by atoms with E-state index >= 15 is 0 Å². The molecule has 2 aromatic rings. The minimum Gasteiger partial charge on any atom is -0.493 e. The average Bonchev–Trinajstić information content (AvgIpc) is 2.71. The van der Waals surface area contributed by atoms with Gasteiger partial charge in [-0.15, -0.1) is 0 Å². The zero-order valence-electron chi connectivity index (χ0n) is 15.9. The Kier molecular flexibility index (Phi) is 7.70. The van der Waals surface area contributed by atoms with Crippen LogP contribution in [-0.2, 0) is 21.4 Å². The van der Waals surface area contributed by atoms with Crippen molar-refractivity contribution in [2.45, 2.75) is 18.1 Å². The average molecular weight is 481 g/mol. The van der Waals surface area contributed by atoms with Crippen LogP contribution in [0.3, 0.4) is 0 Å². The van der Waals surface area contributed by atoms with Gasteiger partial charge < -0.3 is 14.2 Å². The molecule has 0 aliphatic carbocycles. The fourth-order valence-corrected chi connectivity index (χ4v) is 3.34.